The van der Waals surface area contributed by atoms with Gasteiger partial charge in [0.05, 0.1) is 13.2 Å². The van der Waals surface area contributed by atoms with Gasteiger partial charge in [0, 0.05) is 37.3 Å². The topological polar surface area (TPSA) is 54.5 Å². The summed E-state index contributed by atoms with van der Waals surface area (Å²) in [5.41, 5.74) is 2.33. The molecule has 0 radical (unpaired) electrons. The summed E-state index contributed by atoms with van der Waals surface area (Å²) in [4.78, 5) is 19.2. The highest BCUT2D eigenvalue weighted by atomic mass is 16.5. The van der Waals surface area contributed by atoms with Crippen molar-refractivity contribution < 1.29 is 9.53 Å². The molecule has 2 aliphatic rings. The van der Waals surface area contributed by atoms with E-state index in [1.54, 1.807) is 0 Å². The van der Waals surface area contributed by atoms with Gasteiger partial charge in [-0.1, -0.05) is 36.4 Å². The number of morpholine rings is 1. The Morgan fingerprint density at radius 2 is 1.96 bits per heavy atom. The zero-order valence-corrected chi connectivity index (χ0v) is 14.2. The lowest BCUT2D eigenvalue weighted by molar-refractivity contribution is -0.122. The van der Waals surface area contributed by atoms with Crippen LogP contribution in [0.5, 0.6) is 0 Å². The van der Waals surface area contributed by atoms with Crippen molar-refractivity contribution in [3.8, 4) is 0 Å². The zero-order valence-electron chi connectivity index (χ0n) is 14.2. The van der Waals surface area contributed by atoms with Gasteiger partial charge in [0.15, 0.2) is 0 Å². The third-order valence-corrected chi connectivity index (χ3v) is 4.99. The van der Waals surface area contributed by atoms with Crippen LogP contribution < -0.4 is 10.2 Å². The summed E-state index contributed by atoms with van der Waals surface area (Å²) >= 11 is 0. The predicted molar refractivity (Wildman–Crippen MR) is 96.4 cm³/mol. The molecule has 0 spiro atoms. The zero-order chi connectivity index (χ0) is 17.1. The van der Waals surface area contributed by atoms with E-state index in [1.165, 1.54) is 5.56 Å². The van der Waals surface area contributed by atoms with Gasteiger partial charge in [-0.3, -0.25) is 4.79 Å². The number of hydrogen-bond acceptors (Lipinski definition) is 4. The molecule has 1 N–H and O–H groups in total. The number of ether oxygens (including phenoxy) is 1. The SMILES string of the molecule is O=C(NCc1cccnc1N1CCOCC1)[C@@H]1C[C@@H]1c1ccccc1. The molecule has 1 aromatic heterocycles. The second-order valence-corrected chi connectivity index (χ2v) is 6.66. The van der Waals surface area contributed by atoms with Crippen LogP contribution in [0.25, 0.3) is 0 Å². The maximum absolute atomic E-state index is 12.5. The number of hydrogen-bond donors (Lipinski definition) is 1. The normalized spacial score (nSPS) is 22.5. The fraction of sp³-hybridized carbons (Fsp3) is 0.400. The van der Waals surface area contributed by atoms with Crippen molar-refractivity contribution in [3.63, 3.8) is 0 Å². The van der Waals surface area contributed by atoms with Crippen LogP contribution >= 0.6 is 0 Å². The molecule has 5 heteroatoms. The molecule has 1 aliphatic carbocycles. The number of benzene rings is 1. The Hall–Kier alpha value is -2.40. The van der Waals surface area contributed by atoms with Crippen molar-refractivity contribution >= 4 is 11.7 Å². The third-order valence-electron chi connectivity index (χ3n) is 4.99. The highest BCUT2D eigenvalue weighted by Gasteiger charge is 2.43. The summed E-state index contributed by atoms with van der Waals surface area (Å²) in [6, 6.07) is 14.3. The van der Waals surface area contributed by atoms with Crippen LogP contribution in [0.2, 0.25) is 0 Å². The molecule has 1 saturated carbocycles. The van der Waals surface area contributed by atoms with Crippen molar-refractivity contribution in [1.82, 2.24) is 10.3 Å². The van der Waals surface area contributed by atoms with Crippen molar-refractivity contribution in [1.29, 1.82) is 0 Å². The molecule has 2 atom stereocenters. The second kappa shape index (κ2) is 7.23. The number of nitrogens with one attached hydrogen (secondary N) is 1. The Bertz CT molecular complexity index is 729. The number of rotatable bonds is 5. The van der Waals surface area contributed by atoms with E-state index in [-0.39, 0.29) is 11.8 Å². The molecule has 2 aromatic rings. The van der Waals surface area contributed by atoms with Gasteiger partial charge in [0.1, 0.15) is 5.82 Å². The molecular formula is C20H23N3O2. The third kappa shape index (κ3) is 3.66. The standard InChI is InChI=1S/C20H23N3O2/c24-20(18-13-17(18)15-5-2-1-3-6-15)22-14-16-7-4-8-21-19(16)23-9-11-25-12-10-23/h1-8,17-18H,9-14H2,(H,22,24)/t17-,18-/m1/s1. The molecule has 1 aromatic carbocycles. The first kappa shape index (κ1) is 16.1. The molecule has 2 heterocycles. The summed E-state index contributed by atoms with van der Waals surface area (Å²) in [6.45, 7) is 3.66. The van der Waals surface area contributed by atoms with Gasteiger partial charge in [0.2, 0.25) is 5.91 Å². The number of nitrogens with zero attached hydrogens (tertiary/aromatic N) is 2. The van der Waals surface area contributed by atoms with Crippen LogP contribution in [0.4, 0.5) is 5.82 Å². The molecule has 1 aliphatic heterocycles. The van der Waals surface area contributed by atoms with E-state index in [0.29, 0.717) is 12.5 Å². The van der Waals surface area contributed by atoms with Crippen LogP contribution in [0, 0.1) is 5.92 Å². The summed E-state index contributed by atoms with van der Waals surface area (Å²) in [5.74, 6) is 1.58. The Labute approximate surface area is 148 Å². The summed E-state index contributed by atoms with van der Waals surface area (Å²) in [6.07, 6.45) is 2.75. The summed E-state index contributed by atoms with van der Waals surface area (Å²) < 4.78 is 5.41. The Morgan fingerprint density at radius 1 is 1.16 bits per heavy atom. The predicted octanol–water partition coefficient (Wildman–Crippen LogP) is 2.34. The summed E-state index contributed by atoms with van der Waals surface area (Å²) in [5, 5.41) is 3.10. The van der Waals surface area contributed by atoms with E-state index >= 15 is 0 Å². The first-order chi connectivity index (χ1) is 12.3. The van der Waals surface area contributed by atoms with Crippen molar-refractivity contribution in [3.05, 3.63) is 59.8 Å². The number of amides is 1. The van der Waals surface area contributed by atoms with Crippen LogP contribution in [-0.2, 0) is 16.1 Å². The average molecular weight is 337 g/mol. The number of aromatic nitrogens is 1. The van der Waals surface area contributed by atoms with Gasteiger partial charge < -0.3 is 15.0 Å². The van der Waals surface area contributed by atoms with Gasteiger partial charge in [-0.25, -0.2) is 4.98 Å². The van der Waals surface area contributed by atoms with Gasteiger partial charge in [-0.15, -0.1) is 0 Å². The minimum atomic E-state index is 0.103. The van der Waals surface area contributed by atoms with Crippen LogP contribution in [0.1, 0.15) is 23.5 Å². The van der Waals surface area contributed by atoms with Gasteiger partial charge in [-0.05, 0) is 24.0 Å². The number of pyridine rings is 1. The maximum Gasteiger partial charge on any atom is 0.224 e. The lowest BCUT2D eigenvalue weighted by atomic mass is 10.1. The molecule has 130 valence electrons. The Morgan fingerprint density at radius 3 is 2.76 bits per heavy atom. The largest absolute Gasteiger partial charge is 0.378 e. The van der Waals surface area contributed by atoms with Gasteiger partial charge in [0.25, 0.3) is 0 Å². The van der Waals surface area contributed by atoms with Crippen molar-refractivity contribution in [2.45, 2.75) is 18.9 Å². The average Bonchev–Trinajstić information content (AvgIpc) is 3.49. The minimum absolute atomic E-state index is 0.103. The van der Waals surface area contributed by atoms with E-state index in [4.69, 9.17) is 4.74 Å². The lowest BCUT2D eigenvalue weighted by Crippen LogP contribution is -2.38. The van der Waals surface area contributed by atoms with Crippen molar-refractivity contribution in [2.75, 3.05) is 31.2 Å². The molecule has 4 rings (SSSR count). The molecule has 2 fully saturated rings. The van der Waals surface area contributed by atoms with Gasteiger partial charge in [-0.2, -0.15) is 0 Å². The van der Waals surface area contributed by atoms with Crippen molar-refractivity contribution in [2.24, 2.45) is 5.92 Å². The van der Waals surface area contributed by atoms with Crippen LogP contribution in [0.15, 0.2) is 48.7 Å². The van der Waals surface area contributed by atoms with Gasteiger partial charge >= 0.3 is 0 Å². The quantitative estimate of drug-likeness (QED) is 0.910. The fourth-order valence-electron chi connectivity index (χ4n) is 3.49. The molecular weight excluding hydrogens is 314 g/mol. The molecule has 0 bridgehead atoms. The lowest BCUT2D eigenvalue weighted by Gasteiger charge is -2.29. The van der Waals surface area contributed by atoms with E-state index in [9.17, 15) is 4.79 Å². The Balaban J connectivity index is 1.37. The molecule has 5 nitrogen and oxygen atoms in total. The van der Waals surface area contributed by atoms with Crippen LogP contribution in [-0.4, -0.2) is 37.2 Å². The highest BCUT2D eigenvalue weighted by Crippen LogP contribution is 2.47. The number of anilines is 1. The van der Waals surface area contributed by atoms with Crippen LogP contribution in [0.3, 0.4) is 0 Å². The molecule has 1 saturated heterocycles. The van der Waals surface area contributed by atoms with E-state index in [2.05, 4.69) is 27.3 Å². The Kier molecular flexibility index (Phi) is 4.65. The first-order valence-corrected chi connectivity index (χ1v) is 8.92. The number of carbonyl (C=O) groups excluding carboxylic acids is 1. The monoisotopic (exact) mass is 337 g/mol. The fourth-order valence-corrected chi connectivity index (χ4v) is 3.49. The summed E-state index contributed by atoms with van der Waals surface area (Å²) in [7, 11) is 0. The maximum atomic E-state index is 12.5. The smallest absolute Gasteiger partial charge is 0.224 e. The molecule has 1 amide bonds. The van der Waals surface area contributed by atoms with E-state index < -0.39 is 0 Å². The minimum Gasteiger partial charge on any atom is -0.378 e. The molecule has 25 heavy (non-hydrogen) atoms. The number of carbonyl (C=O) groups is 1. The molecule has 0 unspecified atom stereocenters. The first-order valence-electron chi connectivity index (χ1n) is 8.92. The van der Waals surface area contributed by atoms with E-state index in [0.717, 1.165) is 44.1 Å². The highest BCUT2D eigenvalue weighted by molar-refractivity contribution is 5.83. The second-order valence-electron chi connectivity index (χ2n) is 6.66. The van der Waals surface area contributed by atoms with E-state index in [1.807, 2.05) is 36.5 Å².